The molecule has 1 saturated heterocycles. The Morgan fingerprint density at radius 1 is 1.29 bits per heavy atom. The van der Waals surface area contributed by atoms with Crippen molar-refractivity contribution < 1.29 is 9.15 Å². The van der Waals surface area contributed by atoms with Crippen LogP contribution in [0.1, 0.15) is 30.7 Å². The topological polar surface area (TPSA) is 61.0 Å². The first kappa shape index (κ1) is 12.9. The molecule has 2 unspecified atom stereocenters. The van der Waals surface area contributed by atoms with Crippen molar-refractivity contribution >= 4 is 21.6 Å². The van der Waals surface area contributed by atoms with Gasteiger partial charge >= 0.3 is 0 Å². The molecule has 1 aliphatic heterocycles. The molecule has 0 radical (unpaired) electrons. The first-order valence-electron chi connectivity index (χ1n) is 7.04. The molecule has 1 aromatic carbocycles. The van der Waals surface area contributed by atoms with Crippen LogP contribution in [0.3, 0.4) is 0 Å². The van der Waals surface area contributed by atoms with Crippen LogP contribution in [0.15, 0.2) is 22.6 Å². The van der Waals surface area contributed by atoms with Crippen LogP contribution in [0.2, 0.25) is 0 Å². The summed E-state index contributed by atoms with van der Waals surface area (Å²) >= 11 is 1.46. The number of nitrogens with zero attached hydrogens (tertiary/aromatic N) is 3. The minimum Gasteiger partial charge on any atom is -0.419 e. The third kappa shape index (κ3) is 2.15. The molecule has 2 atom stereocenters. The van der Waals surface area contributed by atoms with E-state index in [2.05, 4.69) is 39.7 Å². The molecule has 6 heteroatoms. The van der Waals surface area contributed by atoms with E-state index in [9.17, 15) is 0 Å². The lowest BCUT2D eigenvalue weighted by Gasteiger charge is -2.07. The SMILES string of the molecule is Cc1ccc2snc(-c3nnc(C4CCOC4C)o3)c2c1. The van der Waals surface area contributed by atoms with E-state index in [0.29, 0.717) is 11.8 Å². The quantitative estimate of drug-likeness (QED) is 0.724. The zero-order valence-electron chi connectivity index (χ0n) is 11.9. The van der Waals surface area contributed by atoms with Gasteiger partial charge in [0.2, 0.25) is 5.89 Å². The zero-order valence-corrected chi connectivity index (χ0v) is 12.7. The Morgan fingerprint density at radius 3 is 3.00 bits per heavy atom. The largest absolute Gasteiger partial charge is 0.419 e. The molecule has 1 aliphatic rings. The summed E-state index contributed by atoms with van der Waals surface area (Å²) in [7, 11) is 0. The Balaban J connectivity index is 1.75. The summed E-state index contributed by atoms with van der Waals surface area (Å²) in [6.45, 7) is 4.86. The lowest BCUT2D eigenvalue weighted by Crippen LogP contribution is -2.09. The second-order valence-corrected chi connectivity index (χ2v) is 6.25. The van der Waals surface area contributed by atoms with Gasteiger partial charge in [0.05, 0.1) is 16.7 Å². The van der Waals surface area contributed by atoms with Crippen molar-refractivity contribution in [3.63, 3.8) is 0 Å². The van der Waals surface area contributed by atoms with E-state index in [1.165, 1.54) is 17.1 Å². The molecule has 5 nitrogen and oxygen atoms in total. The van der Waals surface area contributed by atoms with E-state index >= 15 is 0 Å². The fraction of sp³-hybridized carbons (Fsp3) is 0.400. The van der Waals surface area contributed by atoms with Crippen LogP contribution in [-0.2, 0) is 4.74 Å². The Bertz CT molecular complexity index is 795. The first-order valence-corrected chi connectivity index (χ1v) is 7.81. The summed E-state index contributed by atoms with van der Waals surface area (Å²) in [5.74, 6) is 1.35. The lowest BCUT2D eigenvalue weighted by atomic mass is 10.0. The maximum Gasteiger partial charge on any atom is 0.268 e. The highest BCUT2D eigenvalue weighted by Crippen LogP contribution is 2.34. The highest BCUT2D eigenvalue weighted by atomic mass is 32.1. The Hall–Kier alpha value is -1.79. The van der Waals surface area contributed by atoms with E-state index < -0.39 is 0 Å². The fourth-order valence-corrected chi connectivity index (χ4v) is 3.49. The number of aromatic nitrogens is 3. The van der Waals surface area contributed by atoms with Crippen molar-refractivity contribution in [3.8, 4) is 11.6 Å². The van der Waals surface area contributed by atoms with E-state index in [1.807, 2.05) is 6.92 Å². The number of fused-ring (bicyclic) bond motifs is 1. The summed E-state index contributed by atoms with van der Waals surface area (Å²) in [4.78, 5) is 0. The monoisotopic (exact) mass is 301 g/mol. The van der Waals surface area contributed by atoms with Gasteiger partial charge in [-0.05, 0) is 43.9 Å². The minimum atomic E-state index is 0.132. The van der Waals surface area contributed by atoms with Crippen LogP contribution in [0.5, 0.6) is 0 Å². The number of rotatable bonds is 2. The van der Waals surface area contributed by atoms with Gasteiger partial charge in [0.25, 0.3) is 5.89 Å². The van der Waals surface area contributed by atoms with Gasteiger partial charge in [-0.1, -0.05) is 11.6 Å². The van der Waals surface area contributed by atoms with E-state index in [0.717, 1.165) is 28.8 Å². The van der Waals surface area contributed by atoms with Crippen molar-refractivity contribution in [2.45, 2.75) is 32.3 Å². The second kappa shape index (κ2) is 4.89. The van der Waals surface area contributed by atoms with Gasteiger partial charge in [-0.2, -0.15) is 4.37 Å². The molecule has 0 bridgehead atoms. The summed E-state index contributed by atoms with van der Waals surface area (Å²) in [5.41, 5.74) is 1.98. The summed E-state index contributed by atoms with van der Waals surface area (Å²) in [6.07, 6.45) is 1.06. The fourth-order valence-electron chi connectivity index (χ4n) is 2.74. The first-order chi connectivity index (χ1) is 10.2. The normalized spacial score (nSPS) is 22.2. The van der Waals surface area contributed by atoms with Gasteiger partial charge in [-0.15, -0.1) is 10.2 Å². The molecule has 0 N–H and O–H groups in total. The summed E-state index contributed by atoms with van der Waals surface area (Å²) < 4.78 is 17.0. The van der Waals surface area contributed by atoms with Gasteiger partial charge < -0.3 is 9.15 Å². The molecule has 3 aromatic rings. The third-order valence-corrected chi connectivity index (χ3v) is 4.79. The number of hydrogen-bond donors (Lipinski definition) is 0. The van der Waals surface area contributed by atoms with Crippen molar-refractivity contribution in [1.29, 1.82) is 0 Å². The van der Waals surface area contributed by atoms with Crippen LogP contribution >= 0.6 is 11.5 Å². The van der Waals surface area contributed by atoms with Crippen LogP contribution in [0, 0.1) is 6.92 Å². The summed E-state index contributed by atoms with van der Waals surface area (Å²) in [5, 5.41) is 9.47. The third-order valence-electron chi connectivity index (χ3n) is 3.96. The molecule has 0 saturated carbocycles. The van der Waals surface area contributed by atoms with Crippen molar-refractivity contribution in [3.05, 3.63) is 29.7 Å². The number of hydrogen-bond acceptors (Lipinski definition) is 6. The average Bonchev–Trinajstić information content (AvgIpc) is 3.16. The smallest absolute Gasteiger partial charge is 0.268 e. The second-order valence-electron chi connectivity index (χ2n) is 5.45. The molecule has 2 aromatic heterocycles. The molecule has 0 amide bonds. The minimum absolute atomic E-state index is 0.132. The zero-order chi connectivity index (χ0) is 14.4. The Kier molecular flexibility index (Phi) is 3.01. The number of aryl methyl sites for hydroxylation is 1. The van der Waals surface area contributed by atoms with Crippen molar-refractivity contribution in [2.24, 2.45) is 0 Å². The van der Waals surface area contributed by atoms with E-state index in [4.69, 9.17) is 9.15 Å². The van der Waals surface area contributed by atoms with E-state index in [1.54, 1.807) is 0 Å². The van der Waals surface area contributed by atoms with Gasteiger partial charge in [0.1, 0.15) is 5.69 Å². The molecule has 4 rings (SSSR count). The van der Waals surface area contributed by atoms with Crippen molar-refractivity contribution in [2.75, 3.05) is 6.61 Å². The highest BCUT2D eigenvalue weighted by Gasteiger charge is 2.31. The van der Waals surface area contributed by atoms with Crippen LogP contribution in [0.4, 0.5) is 0 Å². The highest BCUT2D eigenvalue weighted by molar-refractivity contribution is 7.13. The van der Waals surface area contributed by atoms with Crippen LogP contribution < -0.4 is 0 Å². The van der Waals surface area contributed by atoms with Gasteiger partial charge in [0, 0.05) is 12.0 Å². The van der Waals surface area contributed by atoms with Gasteiger partial charge in [0.15, 0.2) is 0 Å². The predicted molar refractivity (Wildman–Crippen MR) is 80.4 cm³/mol. The maximum absolute atomic E-state index is 5.87. The maximum atomic E-state index is 5.87. The van der Waals surface area contributed by atoms with Crippen LogP contribution in [0.25, 0.3) is 21.7 Å². The molecule has 108 valence electrons. The molecule has 3 heterocycles. The van der Waals surface area contributed by atoms with E-state index in [-0.39, 0.29) is 12.0 Å². The Labute approximate surface area is 126 Å². The predicted octanol–water partition coefficient (Wildman–Crippen LogP) is 3.55. The molecule has 0 spiro atoms. The lowest BCUT2D eigenvalue weighted by molar-refractivity contribution is 0.114. The molecule has 0 aliphatic carbocycles. The standard InChI is InChI=1S/C15H15N3O2S/c1-8-3-4-12-11(7-8)13(18-21-12)15-17-16-14(20-15)10-5-6-19-9(10)2/h3-4,7,9-10H,5-6H2,1-2H3. The van der Waals surface area contributed by atoms with Gasteiger partial charge in [-0.25, -0.2) is 0 Å². The number of benzene rings is 1. The van der Waals surface area contributed by atoms with Crippen LogP contribution in [-0.4, -0.2) is 27.3 Å². The molecule has 1 fully saturated rings. The molecule has 21 heavy (non-hydrogen) atoms. The van der Waals surface area contributed by atoms with Crippen molar-refractivity contribution in [1.82, 2.24) is 14.6 Å². The van der Waals surface area contributed by atoms with Gasteiger partial charge in [-0.3, -0.25) is 0 Å². The average molecular weight is 301 g/mol. The molecular formula is C15H15N3O2S. The summed E-state index contributed by atoms with van der Waals surface area (Å²) in [6, 6.07) is 6.27. The number of ether oxygens (including phenoxy) is 1. The molecular weight excluding hydrogens is 286 g/mol. The Morgan fingerprint density at radius 2 is 2.19 bits per heavy atom.